The van der Waals surface area contributed by atoms with Crippen LogP contribution >= 0.6 is 0 Å². The van der Waals surface area contributed by atoms with E-state index in [0.717, 1.165) is 11.3 Å². The highest BCUT2D eigenvalue weighted by Crippen LogP contribution is 2.21. The van der Waals surface area contributed by atoms with Gasteiger partial charge in [-0.25, -0.2) is 0 Å². The third kappa shape index (κ3) is 4.57. The summed E-state index contributed by atoms with van der Waals surface area (Å²) in [6.45, 7) is 4.02. The van der Waals surface area contributed by atoms with Gasteiger partial charge in [0.15, 0.2) is 18.2 Å². The van der Waals surface area contributed by atoms with E-state index in [9.17, 15) is 4.79 Å². The number of ether oxygens (including phenoxy) is 1. The van der Waals surface area contributed by atoms with E-state index in [1.54, 1.807) is 24.3 Å². The van der Waals surface area contributed by atoms with Crippen molar-refractivity contribution in [2.45, 2.75) is 13.8 Å². The highest BCUT2D eigenvalue weighted by molar-refractivity contribution is 5.90. The van der Waals surface area contributed by atoms with Crippen LogP contribution in [0.15, 0.2) is 60.7 Å². The standard InChI is InChI=1S/C20H20N4O2/c1-14-7-6-10-17(15(14)2)21-18-11-12-19(24-23-18)22-20(25)13-26-16-8-4-3-5-9-16/h3-12H,13H2,1-2H3,(H,21,23)(H,22,24,25). The molecule has 0 fully saturated rings. The summed E-state index contributed by atoms with van der Waals surface area (Å²) in [6.07, 6.45) is 0. The number of nitrogens with one attached hydrogen (secondary N) is 2. The molecule has 1 heterocycles. The van der Waals surface area contributed by atoms with Crippen LogP contribution in [0.3, 0.4) is 0 Å². The molecule has 0 unspecified atom stereocenters. The minimum atomic E-state index is -0.293. The lowest BCUT2D eigenvalue weighted by molar-refractivity contribution is -0.118. The van der Waals surface area contributed by atoms with E-state index in [2.05, 4.69) is 33.8 Å². The Labute approximate surface area is 152 Å². The molecule has 0 aliphatic rings. The van der Waals surface area contributed by atoms with E-state index in [4.69, 9.17) is 4.74 Å². The maximum atomic E-state index is 11.9. The van der Waals surface area contributed by atoms with Gasteiger partial charge in [0.1, 0.15) is 5.75 Å². The van der Waals surface area contributed by atoms with E-state index in [1.165, 1.54) is 5.56 Å². The van der Waals surface area contributed by atoms with Crippen molar-refractivity contribution in [2.24, 2.45) is 0 Å². The molecule has 0 radical (unpaired) electrons. The highest BCUT2D eigenvalue weighted by Gasteiger charge is 2.06. The largest absolute Gasteiger partial charge is 0.484 e. The molecule has 1 aromatic heterocycles. The van der Waals surface area contributed by atoms with Gasteiger partial charge in [-0.2, -0.15) is 0 Å². The fraction of sp³-hybridized carbons (Fsp3) is 0.150. The Morgan fingerprint density at radius 3 is 2.38 bits per heavy atom. The summed E-state index contributed by atoms with van der Waals surface area (Å²) in [6, 6.07) is 18.7. The Kier molecular flexibility index (Phi) is 5.43. The number of anilines is 3. The SMILES string of the molecule is Cc1cccc(Nc2ccc(NC(=O)COc3ccccc3)nn2)c1C. The zero-order chi connectivity index (χ0) is 18.4. The summed E-state index contributed by atoms with van der Waals surface area (Å²) in [7, 11) is 0. The first-order chi connectivity index (χ1) is 12.6. The zero-order valence-electron chi connectivity index (χ0n) is 14.7. The van der Waals surface area contributed by atoms with Gasteiger partial charge in [-0.3, -0.25) is 4.79 Å². The summed E-state index contributed by atoms with van der Waals surface area (Å²) < 4.78 is 5.39. The predicted molar refractivity (Wildman–Crippen MR) is 102 cm³/mol. The van der Waals surface area contributed by atoms with Crippen molar-refractivity contribution in [1.29, 1.82) is 0 Å². The Morgan fingerprint density at radius 2 is 1.65 bits per heavy atom. The molecule has 0 atom stereocenters. The summed E-state index contributed by atoms with van der Waals surface area (Å²) in [5, 5.41) is 14.0. The maximum Gasteiger partial charge on any atom is 0.263 e. The molecule has 2 N–H and O–H groups in total. The van der Waals surface area contributed by atoms with E-state index < -0.39 is 0 Å². The molecule has 0 aliphatic carbocycles. The number of para-hydroxylation sites is 1. The second-order valence-electron chi connectivity index (χ2n) is 5.83. The van der Waals surface area contributed by atoms with Gasteiger partial charge in [0.05, 0.1) is 0 Å². The van der Waals surface area contributed by atoms with Crippen molar-refractivity contribution in [1.82, 2.24) is 10.2 Å². The minimum Gasteiger partial charge on any atom is -0.484 e. The molecule has 3 rings (SSSR count). The van der Waals surface area contributed by atoms with Crippen LogP contribution in [0.2, 0.25) is 0 Å². The van der Waals surface area contributed by atoms with E-state index in [1.807, 2.05) is 37.3 Å². The predicted octanol–water partition coefficient (Wildman–Crippen LogP) is 3.85. The molecule has 26 heavy (non-hydrogen) atoms. The molecular weight excluding hydrogens is 328 g/mol. The Bertz CT molecular complexity index is 880. The molecule has 0 aliphatic heterocycles. The van der Waals surface area contributed by atoms with Crippen LogP contribution in [0.5, 0.6) is 5.75 Å². The average Bonchev–Trinajstić information content (AvgIpc) is 2.66. The molecule has 6 heteroatoms. The minimum absolute atomic E-state index is 0.0891. The number of rotatable bonds is 6. The van der Waals surface area contributed by atoms with Gasteiger partial charge >= 0.3 is 0 Å². The molecule has 6 nitrogen and oxygen atoms in total. The van der Waals surface area contributed by atoms with Crippen LogP contribution in [-0.4, -0.2) is 22.7 Å². The fourth-order valence-electron chi connectivity index (χ4n) is 2.33. The van der Waals surface area contributed by atoms with Crippen molar-refractivity contribution in [3.8, 4) is 5.75 Å². The number of carbonyl (C=O) groups excluding carboxylic acids is 1. The van der Waals surface area contributed by atoms with Crippen molar-refractivity contribution < 1.29 is 9.53 Å². The third-order valence-corrected chi connectivity index (χ3v) is 3.91. The van der Waals surface area contributed by atoms with Crippen LogP contribution in [0, 0.1) is 13.8 Å². The Balaban J connectivity index is 1.55. The van der Waals surface area contributed by atoms with Crippen LogP contribution in [0.25, 0.3) is 0 Å². The van der Waals surface area contributed by atoms with Gasteiger partial charge in [-0.05, 0) is 55.3 Å². The summed E-state index contributed by atoms with van der Waals surface area (Å²) >= 11 is 0. The van der Waals surface area contributed by atoms with Gasteiger partial charge in [-0.15, -0.1) is 10.2 Å². The van der Waals surface area contributed by atoms with Gasteiger partial charge in [0.2, 0.25) is 0 Å². The normalized spacial score (nSPS) is 10.2. The lowest BCUT2D eigenvalue weighted by Gasteiger charge is -2.11. The van der Waals surface area contributed by atoms with Crippen molar-refractivity contribution in [3.63, 3.8) is 0 Å². The monoisotopic (exact) mass is 348 g/mol. The summed E-state index contributed by atoms with van der Waals surface area (Å²) in [4.78, 5) is 11.9. The van der Waals surface area contributed by atoms with Gasteiger partial charge in [-0.1, -0.05) is 30.3 Å². The van der Waals surface area contributed by atoms with E-state index >= 15 is 0 Å². The van der Waals surface area contributed by atoms with Crippen LogP contribution in [0.4, 0.5) is 17.3 Å². The highest BCUT2D eigenvalue weighted by atomic mass is 16.5. The molecular formula is C20H20N4O2. The lowest BCUT2D eigenvalue weighted by Crippen LogP contribution is -2.21. The number of aryl methyl sites for hydroxylation is 1. The second kappa shape index (κ2) is 8.11. The smallest absolute Gasteiger partial charge is 0.263 e. The number of nitrogens with zero attached hydrogens (tertiary/aromatic N) is 2. The quantitative estimate of drug-likeness (QED) is 0.707. The molecule has 1 amide bonds. The maximum absolute atomic E-state index is 11.9. The summed E-state index contributed by atoms with van der Waals surface area (Å²) in [5.74, 6) is 1.33. The van der Waals surface area contributed by atoms with Gasteiger partial charge in [0.25, 0.3) is 5.91 Å². The van der Waals surface area contributed by atoms with Crippen LogP contribution < -0.4 is 15.4 Å². The van der Waals surface area contributed by atoms with E-state index in [-0.39, 0.29) is 12.5 Å². The number of benzene rings is 2. The summed E-state index contributed by atoms with van der Waals surface area (Å²) in [5.41, 5.74) is 3.34. The first-order valence-corrected chi connectivity index (χ1v) is 8.26. The topological polar surface area (TPSA) is 76.1 Å². The van der Waals surface area contributed by atoms with E-state index in [0.29, 0.717) is 17.4 Å². The number of amides is 1. The molecule has 0 bridgehead atoms. The third-order valence-electron chi connectivity index (χ3n) is 3.91. The van der Waals surface area contributed by atoms with Crippen molar-refractivity contribution in [3.05, 3.63) is 71.8 Å². The number of hydrogen-bond acceptors (Lipinski definition) is 5. The Morgan fingerprint density at radius 1 is 0.923 bits per heavy atom. The fourth-order valence-corrected chi connectivity index (χ4v) is 2.33. The molecule has 2 aromatic carbocycles. The Hall–Kier alpha value is -3.41. The van der Waals surface area contributed by atoms with Gasteiger partial charge in [0, 0.05) is 5.69 Å². The molecule has 3 aromatic rings. The molecule has 132 valence electrons. The van der Waals surface area contributed by atoms with Crippen LogP contribution in [-0.2, 0) is 4.79 Å². The average molecular weight is 348 g/mol. The molecule has 0 spiro atoms. The van der Waals surface area contributed by atoms with Crippen LogP contribution in [0.1, 0.15) is 11.1 Å². The first kappa shape index (κ1) is 17.4. The second-order valence-corrected chi connectivity index (χ2v) is 5.83. The van der Waals surface area contributed by atoms with Gasteiger partial charge < -0.3 is 15.4 Å². The number of hydrogen-bond donors (Lipinski definition) is 2. The van der Waals surface area contributed by atoms with Crippen molar-refractivity contribution >= 4 is 23.2 Å². The zero-order valence-corrected chi connectivity index (χ0v) is 14.7. The number of aromatic nitrogens is 2. The van der Waals surface area contributed by atoms with Crippen molar-refractivity contribution in [2.75, 3.05) is 17.2 Å². The number of carbonyl (C=O) groups is 1. The molecule has 0 saturated heterocycles. The molecule has 0 saturated carbocycles. The first-order valence-electron chi connectivity index (χ1n) is 8.26. The lowest BCUT2D eigenvalue weighted by atomic mass is 10.1.